The number of nitrogens with zero attached hydrogens (tertiary/aromatic N) is 1. The zero-order valence-electron chi connectivity index (χ0n) is 11.9. The molecule has 2 rings (SSSR count). The summed E-state index contributed by atoms with van der Waals surface area (Å²) in [6, 6.07) is 2.39. The van der Waals surface area contributed by atoms with Crippen LogP contribution in [0.2, 0.25) is 0 Å². The van der Waals surface area contributed by atoms with E-state index in [1.165, 1.54) is 7.11 Å². The lowest BCUT2D eigenvalue weighted by molar-refractivity contribution is -0.139. The molecule has 1 atom stereocenters. The molecule has 7 nitrogen and oxygen atoms in total. The number of urea groups is 1. The number of hydrogen-bond acceptors (Lipinski definition) is 4. The average Bonchev–Trinajstić information content (AvgIpc) is 3.16. The van der Waals surface area contributed by atoms with Gasteiger partial charge in [-0.15, -0.1) is 0 Å². The van der Waals surface area contributed by atoms with Crippen LogP contribution in [0.25, 0.3) is 0 Å². The van der Waals surface area contributed by atoms with Crippen molar-refractivity contribution in [2.75, 3.05) is 13.7 Å². The first-order valence-electron chi connectivity index (χ1n) is 6.93. The van der Waals surface area contributed by atoms with Crippen molar-refractivity contribution in [3.05, 3.63) is 24.2 Å². The van der Waals surface area contributed by atoms with E-state index in [1.807, 2.05) is 0 Å². The van der Waals surface area contributed by atoms with Gasteiger partial charge < -0.3 is 24.5 Å². The second kappa shape index (κ2) is 7.12. The van der Waals surface area contributed by atoms with E-state index in [1.54, 1.807) is 23.3 Å². The minimum atomic E-state index is -1.06. The number of ether oxygens (including phenoxy) is 1. The van der Waals surface area contributed by atoms with Crippen molar-refractivity contribution in [2.45, 2.75) is 37.9 Å². The first-order valence-corrected chi connectivity index (χ1v) is 6.93. The fourth-order valence-electron chi connectivity index (χ4n) is 2.05. The van der Waals surface area contributed by atoms with E-state index in [4.69, 9.17) is 14.3 Å². The number of carboxylic acid groups (broad SMARTS) is 1. The Hall–Kier alpha value is -2.02. The van der Waals surface area contributed by atoms with E-state index < -0.39 is 12.0 Å². The van der Waals surface area contributed by atoms with Gasteiger partial charge in [-0.1, -0.05) is 0 Å². The van der Waals surface area contributed by atoms with Crippen molar-refractivity contribution in [1.82, 2.24) is 10.2 Å². The predicted octanol–water partition coefficient (Wildman–Crippen LogP) is 1.44. The molecule has 0 saturated heterocycles. The van der Waals surface area contributed by atoms with Crippen molar-refractivity contribution in [2.24, 2.45) is 0 Å². The van der Waals surface area contributed by atoms with Gasteiger partial charge in [-0.2, -0.15) is 0 Å². The summed E-state index contributed by atoms with van der Waals surface area (Å²) in [6.07, 6.45) is 3.65. The molecule has 0 aliphatic heterocycles. The number of rotatable bonds is 8. The Bertz CT molecular complexity index is 470. The summed E-state index contributed by atoms with van der Waals surface area (Å²) in [5, 5.41) is 11.7. The van der Waals surface area contributed by atoms with Gasteiger partial charge in [0.2, 0.25) is 0 Å². The van der Waals surface area contributed by atoms with Crippen molar-refractivity contribution in [3.8, 4) is 0 Å². The van der Waals surface area contributed by atoms with Crippen LogP contribution in [0.15, 0.2) is 22.8 Å². The highest BCUT2D eigenvalue weighted by Crippen LogP contribution is 2.28. The average molecular weight is 296 g/mol. The highest BCUT2D eigenvalue weighted by atomic mass is 16.5. The monoisotopic (exact) mass is 296 g/mol. The Morgan fingerprint density at radius 1 is 1.57 bits per heavy atom. The van der Waals surface area contributed by atoms with Crippen LogP contribution < -0.4 is 5.32 Å². The molecular formula is C14H20N2O5. The van der Waals surface area contributed by atoms with E-state index in [9.17, 15) is 9.59 Å². The first-order chi connectivity index (χ1) is 10.1. The van der Waals surface area contributed by atoms with Gasteiger partial charge >= 0.3 is 12.0 Å². The van der Waals surface area contributed by atoms with Gasteiger partial charge in [-0.05, 0) is 25.0 Å². The second-order valence-corrected chi connectivity index (χ2v) is 5.06. The molecule has 2 N–H and O–H groups in total. The lowest BCUT2D eigenvalue weighted by Crippen LogP contribution is -2.48. The van der Waals surface area contributed by atoms with Gasteiger partial charge in [0, 0.05) is 26.2 Å². The molecule has 1 aliphatic carbocycles. The number of furan rings is 1. The van der Waals surface area contributed by atoms with Gasteiger partial charge in [0.1, 0.15) is 11.8 Å². The van der Waals surface area contributed by atoms with Crippen molar-refractivity contribution in [1.29, 1.82) is 0 Å². The van der Waals surface area contributed by atoms with Crippen LogP contribution in [-0.2, 0) is 16.1 Å². The Kier molecular flexibility index (Phi) is 5.21. The SMILES string of the molecule is COCCC(NC(=O)N(Cc1ccco1)C1CC1)C(=O)O. The maximum Gasteiger partial charge on any atom is 0.326 e. The summed E-state index contributed by atoms with van der Waals surface area (Å²) in [6.45, 7) is 0.624. The highest BCUT2D eigenvalue weighted by Gasteiger charge is 2.34. The van der Waals surface area contributed by atoms with Gasteiger partial charge in [-0.3, -0.25) is 0 Å². The fourth-order valence-corrected chi connectivity index (χ4v) is 2.05. The Morgan fingerprint density at radius 3 is 2.86 bits per heavy atom. The molecule has 1 aromatic heterocycles. The van der Waals surface area contributed by atoms with Crippen molar-refractivity contribution >= 4 is 12.0 Å². The van der Waals surface area contributed by atoms with E-state index in [-0.39, 0.29) is 25.1 Å². The third-order valence-electron chi connectivity index (χ3n) is 3.36. The molecule has 1 fully saturated rings. The van der Waals surface area contributed by atoms with Crippen LogP contribution in [0.3, 0.4) is 0 Å². The fraction of sp³-hybridized carbons (Fsp3) is 0.571. The Balaban J connectivity index is 1.95. The third kappa shape index (κ3) is 4.49. The molecule has 1 aromatic rings. The largest absolute Gasteiger partial charge is 0.480 e. The number of hydrogen-bond donors (Lipinski definition) is 2. The van der Waals surface area contributed by atoms with Crippen LogP contribution in [0, 0.1) is 0 Å². The molecule has 1 unspecified atom stereocenters. The molecule has 0 radical (unpaired) electrons. The van der Waals surface area contributed by atoms with E-state index in [0.29, 0.717) is 12.3 Å². The minimum absolute atomic E-state index is 0.159. The number of carbonyl (C=O) groups is 2. The summed E-state index contributed by atoms with van der Waals surface area (Å²) in [4.78, 5) is 25.1. The van der Waals surface area contributed by atoms with Crippen molar-refractivity contribution in [3.63, 3.8) is 0 Å². The summed E-state index contributed by atoms with van der Waals surface area (Å²) in [7, 11) is 1.49. The molecule has 21 heavy (non-hydrogen) atoms. The number of methoxy groups -OCH3 is 1. The van der Waals surface area contributed by atoms with E-state index >= 15 is 0 Å². The van der Waals surface area contributed by atoms with Gasteiger partial charge in [0.15, 0.2) is 0 Å². The van der Waals surface area contributed by atoms with Gasteiger partial charge in [0.05, 0.1) is 12.8 Å². The summed E-state index contributed by atoms with van der Waals surface area (Å²) in [5.41, 5.74) is 0. The number of carbonyl (C=O) groups excluding carboxylic acids is 1. The van der Waals surface area contributed by atoms with Crippen LogP contribution in [0.1, 0.15) is 25.0 Å². The quantitative estimate of drug-likeness (QED) is 0.757. The van der Waals surface area contributed by atoms with E-state index in [2.05, 4.69) is 5.32 Å². The smallest absolute Gasteiger partial charge is 0.326 e. The maximum atomic E-state index is 12.3. The molecule has 0 aromatic carbocycles. The van der Waals surface area contributed by atoms with Crippen LogP contribution in [0.5, 0.6) is 0 Å². The number of aliphatic carboxylic acids is 1. The summed E-state index contributed by atoms with van der Waals surface area (Å²) < 4.78 is 10.1. The van der Waals surface area contributed by atoms with E-state index in [0.717, 1.165) is 12.8 Å². The van der Waals surface area contributed by atoms with Gasteiger partial charge in [0.25, 0.3) is 0 Å². The number of amides is 2. The van der Waals surface area contributed by atoms with Crippen LogP contribution in [-0.4, -0.2) is 47.8 Å². The lowest BCUT2D eigenvalue weighted by Gasteiger charge is -2.24. The third-order valence-corrected chi connectivity index (χ3v) is 3.36. The Morgan fingerprint density at radius 2 is 2.33 bits per heavy atom. The molecule has 0 bridgehead atoms. The minimum Gasteiger partial charge on any atom is -0.480 e. The van der Waals surface area contributed by atoms with Gasteiger partial charge in [-0.25, -0.2) is 9.59 Å². The predicted molar refractivity (Wildman–Crippen MR) is 73.7 cm³/mol. The lowest BCUT2D eigenvalue weighted by atomic mass is 10.2. The normalized spacial score (nSPS) is 15.5. The van der Waals surface area contributed by atoms with Crippen LogP contribution >= 0.6 is 0 Å². The topological polar surface area (TPSA) is 92.0 Å². The number of carboxylic acids is 1. The maximum absolute atomic E-state index is 12.3. The highest BCUT2D eigenvalue weighted by molar-refractivity contribution is 5.82. The van der Waals surface area contributed by atoms with Crippen LogP contribution in [0.4, 0.5) is 4.79 Å². The molecule has 0 spiro atoms. The first kappa shape index (κ1) is 15.4. The Labute approximate surface area is 122 Å². The second-order valence-electron chi connectivity index (χ2n) is 5.06. The molecule has 2 amide bonds. The number of nitrogens with one attached hydrogen (secondary N) is 1. The summed E-state index contributed by atoms with van der Waals surface area (Å²) in [5.74, 6) is -0.380. The molecule has 1 heterocycles. The zero-order chi connectivity index (χ0) is 15.2. The molecular weight excluding hydrogens is 276 g/mol. The molecule has 1 saturated carbocycles. The molecule has 116 valence electrons. The summed E-state index contributed by atoms with van der Waals surface area (Å²) >= 11 is 0. The standard InChI is InChI=1S/C14H20N2O5/c1-20-8-6-12(13(17)18)15-14(19)16(10-4-5-10)9-11-3-2-7-21-11/h2-3,7,10,12H,4-6,8-9H2,1H3,(H,15,19)(H,17,18). The zero-order valence-corrected chi connectivity index (χ0v) is 11.9. The molecule has 1 aliphatic rings. The van der Waals surface area contributed by atoms with Crippen molar-refractivity contribution < 1.29 is 23.8 Å². The molecule has 7 heteroatoms.